The average molecular weight is 432 g/mol. The van der Waals surface area contributed by atoms with Crippen LogP contribution in [0.15, 0.2) is 62.6 Å². The molecule has 0 aliphatic carbocycles. The Balaban J connectivity index is 1.91. The first-order valence-electron chi connectivity index (χ1n) is 9.67. The van der Waals surface area contributed by atoms with Crippen LogP contribution in [0.5, 0.6) is 0 Å². The smallest absolute Gasteiger partial charge is 0.408 e. The van der Waals surface area contributed by atoms with Gasteiger partial charge < -0.3 is 9.73 Å². The lowest BCUT2D eigenvalue weighted by molar-refractivity contribution is -0.123. The Morgan fingerprint density at radius 1 is 1.17 bits per heavy atom. The minimum Gasteiger partial charge on any atom is -0.408 e. The van der Waals surface area contributed by atoms with Crippen LogP contribution in [0.25, 0.3) is 11.1 Å². The minimum absolute atomic E-state index is 0.0845. The average Bonchev–Trinajstić information content (AvgIpc) is 3.01. The summed E-state index contributed by atoms with van der Waals surface area (Å²) in [5.74, 6) is -0.980. The quantitative estimate of drug-likeness (QED) is 0.566. The number of amides is 1. The summed E-state index contributed by atoms with van der Waals surface area (Å²) in [7, 11) is -2.51. The number of hydrogen-bond donors (Lipinski definition) is 2. The Morgan fingerprint density at radius 3 is 2.53 bits per heavy atom. The van der Waals surface area contributed by atoms with Crippen LogP contribution >= 0.6 is 0 Å². The summed E-state index contributed by atoms with van der Waals surface area (Å²) in [5.41, 5.74) is 1.47. The largest absolute Gasteiger partial charge is 0.419 e. The van der Waals surface area contributed by atoms with Gasteiger partial charge >= 0.3 is 5.76 Å². The van der Waals surface area contributed by atoms with E-state index in [2.05, 4.69) is 10.0 Å². The van der Waals surface area contributed by atoms with E-state index in [0.717, 1.165) is 12.0 Å². The highest BCUT2D eigenvalue weighted by Gasteiger charge is 2.27. The van der Waals surface area contributed by atoms with Gasteiger partial charge in [-0.1, -0.05) is 37.3 Å². The number of sulfonamides is 1. The van der Waals surface area contributed by atoms with Crippen molar-refractivity contribution in [3.63, 3.8) is 0 Å². The number of carbonyl (C=O) groups excluding carboxylic acids is 1. The molecule has 0 aliphatic rings. The van der Waals surface area contributed by atoms with Crippen molar-refractivity contribution in [1.29, 1.82) is 0 Å². The Hall–Kier alpha value is -2.91. The number of nitrogens with one attached hydrogen (secondary N) is 2. The molecule has 9 heteroatoms. The van der Waals surface area contributed by atoms with E-state index < -0.39 is 27.7 Å². The third-order valence-corrected chi connectivity index (χ3v) is 6.44. The lowest BCUT2D eigenvalue weighted by Crippen LogP contribution is -2.50. The molecule has 0 fully saturated rings. The van der Waals surface area contributed by atoms with E-state index in [-0.39, 0.29) is 22.9 Å². The third-order valence-electron chi connectivity index (χ3n) is 4.97. The van der Waals surface area contributed by atoms with Crippen molar-refractivity contribution in [3.8, 4) is 0 Å². The zero-order valence-corrected chi connectivity index (χ0v) is 17.9. The van der Waals surface area contributed by atoms with E-state index in [1.165, 1.54) is 29.8 Å². The van der Waals surface area contributed by atoms with Crippen molar-refractivity contribution in [1.82, 2.24) is 14.6 Å². The summed E-state index contributed by atoms with van der Waals surface area (Å²) in [6.45, 7) is 3.79. The predicted octanol–water partition coefficient (Wildman–Crippen LogP) is 1.94. The molecule has 0 aliphatic heterocycles. The number of hydrogen-bond acceptors (Lipinski definition) is 5. The van der Waals surface area contributed by atoms with E-state index >= 15 is 0 Å². The standard InChI is InChI=1S/C21H25N3O5S/c1-4-14(2)22-20(25)17(12-15-8-6-5-7-9-15)23-30(27,28)16-10-11-18-19(13-16)29-21(26)24(18)3/h5-11,13-14,17,23H,4,12H2,1-3H3,(H,22,25)/t14-,17+/m1/s1. The summed E-state index contributed by atoms with van der Waals surface area (Å²) in [5, 5.41) is 2.84. The zero-order valence-electron chi connectivity index (χ0n) is 17.1. The van der Waals surface area contributed by atoms with Gasteiger partial charge in [0.25, 0.3) is 0 Å². The first-order chi connectivity index (χ1) is 14.2. The molecule has 0 unspecified atom stereocenters. The van der Waals surface area contributed by atoms with Gasteiger partial charge in [-0.25, -0.2) is 13.2 Å². The fourth-order valence-electron chi connectivity index (χ4n) is 3.02. The molecule has 1 heterocycles. The number of benzene rings is 2. The summed E-state index contributed by atoms with van der Waals surface area (Å²) < 4.78 is 34.9. The number of oxazole rings is 1. The van der Waals surface area contributed by atoms with Crippen molar-refractivity contribution < 1.29 is 17.6 Å². The molecular formula is C21H25N3O5S. The molecular weight excluding hydrogens is 406 g/mol. The highest BCUT2D eigenvalue weighted by Crippen LogP contribution is 2.19. The SMILES string of the molecule is CC[C@@H](C)NC(=O)[C@H](Cc1ccccc1)NS(=O)(=O)c1ccc2c(c1)oc(=O)n2C. The summed E-state index contributed by atoms with van der Waals surface area (Å²) in [6.07, 6.45) is 0.922. The van der Waals surface area contributed by atoms with Crippen molar-refractivity contribution in [2.24, 2.45) is 7.05 Å². The van der Waals surface area contributed by atoms with Crippen LogP contribution in [0.1, 0.15) is 25.8 Å². The molecule has 0 spiro atoms. The molecule has 160 valence electrons. The van der Waals surface area contributed by atoms with Gasteiger partial charge in [0.05, 0.1) is 10.4 Å². The molecule has 0 saturated heterocycles. The van der Waals surface area contributed by atoms with E-state index in [4.69, 9.17) is 4.42 Å². The summed E-state index contributed by atoms with van der Waals surface area (Å²) >= 11 is 0. The summed E-state index contributed by atoms with van der Waals surface area (Å²) in [6, 6.07) is 12.3. The maximum absolute atomic E-state index is 13.0. The maximum Gasteiger partial charge on any atom is 0.419 e. The number of aryl methyl sites for hydroxylation is 1. The van der Waals surface area contributed by atoms with Crippen LogP contribution < -0.4 is 15.8 Å². The number of fused-ring (bicyclic) bond motifs is 1. The molecule has 2 aromatic carbocycles. The Kier molecular flexibility index (Phi) is 6.42. The van der Waals surface area contributed by atoms with Gasteiger partial charge in [-0.15, -0.1) is 0 Å². The van der Waals surface area contributed by atoms with E-state index in [9.17, 15) is 18.0 Å². The first kappa shape index (κ1) is 21.8. The molecule has 0 radical (unpaired) electrons. The second kappa shape index (κ2) is 8.85. The van der Waals surface area contributed by atoms with Gasteiger partial charge in [0.2, 0.25) is 15.9 Å². The second-order valence-corrected chi connectivity index (χ2v) is 8.95. The summed E-state index contributed by atoms with van der Waals surface area (Å²) in [4.78, 5) is 24.4. The molecule has 0 saturated carbocycles. The molecule has 1 amide bonds. The molecule has 1 aromatic heterocycles. The number of carbonyl (C=O) groups is 1. The van der Waals surface area contributed by atoms with Gasteiger partial charge in [0.15, 0.2) is 5.58 Å². The van der Waals surface area contributed by atoms with Crippen LogP contribution in [0.4, 0.5) is 0 Å². The predicted molar refractivity (Wildman–Crippen MR) is 114 cm³/mol. The molecule has 2 N–H and O–H groups in total. The van der Waals surface area contributed by atoms with Crippen molar-refractivity contribution in [2.75, 3.05) is 0 Å². The number of aromatic nitrogens is 1. The van der Waals surface area contributed by atoms with E-state index in [1.807, 2.05) is 44.2 Å². The monoisotopic (exact) mass is 431 g/mol. The highest BCUT2D eigenvalue weighted by molar-refractivity contribution is 7.89. The number of nitrogens with zero attached hydrogens (tertiary/aromatic N) is 1. The molecule has 0 bridgehead atoms. The topological polar surface area (TPSA) is 110 Å². The lowest BCUT2D eigenvalue weighted by Gasteiger charge is -2.21. The fourth-order valence-corrected chi connectivity index (χ4v) is 4.23. The fraction of sp³-hybridized carbons (Fsp3) is 0.333. The zero-order chi connectivity index (χ0) is 21.9. The maximum atomic E-state index is 13.0. The van der Waals surface area contributed by atoms with Gasteiger partial charge in [0, 0.05) is 19.2 Å². The van der Waals surface area contributed by atoms with Crippen LogP contribution in [0.2, 0.25) is 0 Å². The van der Waals surface area contributed by atoms with Gasteiger partial charge in [-0.3, -0.25) is 9.36 Å². The van der Waals surface area contributed by atoms with E-state index in [0.29, 0.717) is 5.52 Å². The Morgan fingerprint density at radius 2 is 1.87 bits per heavy atom. The highest BCUT2D eigenvalue weighted by atomic mass is 32.2. The Labute approximate surface area is 174 Å². The Bertz CT molecular complexity index is 1200. The van der Waals surface area contributed by atoms with Gasteiger partial charge in [-0.05, 0) is 37.5 Å². The van der Waals surface area contributed by atoms with Crippen molar-refractivity contribution >= 4 is 27.0 Å². The molecule has 8 nitrogen and oxygen atoms in total. The lowest BCUT2D eigenvalue weighted by atomic mass is 10.1. The minimum atomic E-state index is -4.04. The third kappa shape index (κ3) is 4.80. The van der Waals surface area contributed by atoms with Crippen molar-refractivity contribution in [3.05, 3.63) is 64.6 Å². The van der Waals surface area contributed by atoms with Crippen molar-refractivity contribution in [2.45, 2.75) is 43.7 Å². The van der Waals surface area contributed by atoms with Crippen LogP contribution in [-0.2, 0) is 28.3 Å². The normalized spacial score (nSPS) is 13.8. The molecule has 30 heavy (non-hydrogen) atoms. The van der Waals surface area contributed by atoms with Crippen LogP contribution in [0.3, 0.4) is 0 Å². The molecule has 3 rings (SSSR count). The van der Waals surface area contributed by atoms with Crippen LogP contribution in [-0.4, -0.2) is 31.0 Å². The number of rotatable bonds is 8. The first-order valence-corrected chi connectivity index (χ1v) is 11.2. The molecule has 3 aromatic rings. The van der Waals surface area contributed by atoms with Crippen LogP contribution in [0, 0.1) is 0 Å². The van der Waals surface area contributed by atoms with Gasteiger partial charge in [0.1, 0.15) is 6.04 Å². The van der Waals surface area contributed by atoms with Gasteiger partial charge in [-0.2, -0.15) is 4.72 Å². The van der Waals surface area contributed by atoms with E-state index in [1.54, 1.807) is 0 Å². The second-order valence-electron chi connectivity index (χ2n) is 7.24. The molecule has 2 atom stereocenters.